The van der Waals surface area contributed by atoms with E-state index in [2.05, 4.69) is 78.4 Å². The molecular weight excluding hydrogens is 242 g/mol. The molecule has 1 heteroatoms. The normalized spacial score (nSPS) is 12.1. The fraction of sp³-hybridized carbons (Fsp3) is 0.105. The van der Waals surface area contributed by atoms with E-state index in [9.17, 15) is 0 Å². The molecule has 0 saturated heterocycles. The zero-order valence-corrected chi connectivity index (χ0v) is 11.5. The highest BCUT2D eigenvalue weighted by molar-refractivity contribution is 5.75. The van der Waals surface area contributed by atoms with Gasteiger partial charge in [-0.15, -0.1) is 0 Å². The molecule has 0 radical (unpaired) electrons. The van der Waals surface area contributed by atoms with Gasteiger partial charge < -0.3 is 0 Å². The summed E-state index contributed by atoms with van der Waals surface area (Å²) in [6.07, 6.45) is 2.17. The number of aryl methyl sites for hydroxylation is 1. The maximum Gasteiger partial charge on any atom is 0.216 e. The number of nitrogens with zero attached hydrogens (tertiary/aromatic N) is 1. The molecule has 0 spiro atoms. The third kappa shape index (κ3) is 1.67. The molecule has 0 fully saturated rings. The molecule has 0 unspecified atom stereocenters. The lowest BCUT2D eigenvalue weighted by molar-refractivity contribution is -0.672. The van der Waals surface area contributed by atoms with Crippen LogP contribution in [-0.2, 0) is 6.54 Å². The second-order valence-corrected chi connectivity index (χ2v) is 5.41. The molecule has 1 aliphatic heterocycles. The van der Waals surface area contributed by atoms with E-state index in [1.165, 1.54) is 33.5 Å². The summed E-state index contributed by atoms with van der Waals surface area (Å²) < 4.78 is 2.34. The Balaban J connectivity index is 1.92. The van der Waals surface area contributed by atoms with Crippen molar-refractivity contribution < 1.29 is 4.57 Å². The van der Waals surface area contributed by atoms with Crippen molar-refractivity contribution in [1.82, 2.24) is 0 Å². The number of hydrogen-bond acceptors (Lipinski definition) is 0. The first kappa shape index (κ1) is 11.4. The first-order valence-electron chi connectivity index (χ1n) is 7.01. The van der Waals surface area contributed by atoms with Crippen molar-refractivity contribution >= 4 is 0 Å². The predicted octanol–water partition coefficient (Wildman–Crippen LogP) is 3.98. The summed E-state index contributed by atoms with van der Waals surface area (Å²) in [7, 11) is 0. The molecule has 1 nitrogen and oxygen atoms in total. The van der Waals surface area contributed by atoms with Gasteiger partial charge in [0.15, 0.2) is 12.7 Å². The van der Waals surface area contributed by atoms with Crippen LogP contribution < -0.4 is 4.57 Å². The predicted molar refractivity (Wildman–Crippen MR) is 81.3 cm³/mol. The Morgan fingerprint density at radius 1 is 0.850 bits per heavy atom. The summed E-state index contributed by atoms with van der Waals surface area (Å²) in [5.74, 6) is 0. The van der Waals surface area contributed by atoms with Gasteiger partial charge >= 0.3 is 0 Å². The minimum absolute atomic E-state index is 0.988. The van der Waals surface area contributed by atoms with Gasteiger partial charge in [-0.2, -0.15) is 4.57 Å². The molecule has 1 aromatic heterocycles. The molecule has 3 aromatic rings. The van der Waals surface area contributed by atoms with E-state index < -0.39 is 0 Å². The lowest BCUT2D eigenvalue weighted by Crippen LogP contribution is -2.32. The minimum Gasteiger partial charge on any atom is -0.194 e. The van der Waals surface area contributed by atoms with Crippen LogP contribution in [0.1, 0.15) is 11.1 Å². The Morgan fingerprint density at radius 2 is 1.70 bits per heavy atom. The van der Waals surface area contributed by atoms with Crippen LogP contribution in [0.15, 0.2) is 66.9 Å². The summed E-state index contributed by atoms with van der Waals surface area (Å²) in [6, 6.07) is 21.7. The van der Waals surface area contributed by atoms with Crippen LogP contribution in [0.4, 0.5) is 0 Å². The number of aromatic nitrogens is 1. The van der Waals surface area contributed by atoms with Gasteiger partial charge in [-0.25, -0.2) is 0 Å². The third-order valence-electron chi connectivity index (χ3n) is 4.09. The Kier molecular flexibility index (Phi) is 2.46. The summed E-state index contributed by atoms with van der Waals surface area (Å²) >= 11 is 0. The van der Waals surface area contributed by atoms with Gasteiger partial charge in [0, 0.05) is 17.2 Å². The van der Waals surface area contributed by atoms with Crippen LogP contribution in [0.5, 0.6) is 0 Å². The molecule has 0 bridgehead atoms. The van der Waals surface area contributed by atoms with Crippen molar-refractivity contribution in [2.75, 3.05) is 0 Å². The van der Waals surface area contributed by atoms with Crippen LogP contribution in [0.2, 0.25) is 0 Å². The van der Waals surface area contributed by atoms with Crippen LogP contribution >= 0.6 is 0 Å². The van der Waals surface area contributed by atoms with E-state index in [-0.39, 0.29) is 0 Å². The Hall–Kier alpha value is -2.41. The second kappa shape index (κ2) is 4.31. The summed E-state index contributed by atoms with van der Waals surface area (Å²) in [5.41, 5.74) is 8.07. The molecular formula is C19H16N+. The van der Waals surface area contributed by atoms with Gasteiger partial charge in [0.25, 0.3) is 0 Å². The smallest absolute Gasteiger partial charge is 0.194 e. The molecule has 0 N–H and O–H groups in total. The van der Waals surface area contributed by atoms with E-state index in [4.69, 9.17) is 0 Å². The van der Waals surface area contributed by atoms with E-state index >= 15 is 0 Å². The lowest BCUT2D eigenvalue weighted by Gasteiger charge is -2.03. The van der Waals surface area contributed by atoms with Gasteiger partial charge in [0.1, 0.15) is 0 Å². The van der Waals surface area contributed by atoms with E-state index in [1.807, 2.05) is 0 Å². The topological polar surface area (TPSA) is 3.88 Å². The molecule has 96 valence electrons. The van der Waals surface area contributed by atoms with Gasteiger partial charge in [-0.3, -0.25) is 0 Å². The maximum absolute atomic E-state index is 2.34. The third-order valence-corrected chi connectivity index (χ3v) is 4.09. The molecule has 20 heavy (non-hydrogen) atoms. The van der Waals surface area contributed by atoms with Crippen LogP contribution in [0, 0.1) is 6.92 Å². The van der Waals surface area contributed by atoms with E-state index in [0.717, 1.165) is 6.54 Å². The largest absolute Gasteiger partial charge is 0.216 e. The average Bonchev–Trinajstić information content (AvgIpc) is 2.87. The highest BCUT2D eigenvalue weighted by Crippen LogP contribution is 2.32. The van der Waals surface area contributed by atoms with Crippen LogP contribution in [0.3, 0.4) is 0 Å². The Morgan fingerprint density at radius 3 is 2.55 bits per heavy atom. The molecule has 4 rings (SSSR count). The summed E-state index contributed by atoms with van der Waals surface area (Å²) in [4.78, 5) is 0. The highest BCUT2D eigenvalue weighted by Gasteiger charge is 2.27. The van der Waals surface area contributed by atoms with Crippen molar-refractivity contribution in [3.05, 3.63) is 78.0 Å². The zero-order valence-electron chi connectivity index (χ0n) is 11.5. The lowest BCUT2D eigenvalue weighted by atomic mass is 9.98. The number of rotatable bonds is 1. The molecule has 0 amide bonds. The first-order chi connectivity index (χ1) is 9.83. The summed E-state index contributed by atoms with van der Waals surface area (Å²) in [5, 5.41) is 0. The van der Waals surface area contributed by atoms with Crippen molar-refractivity contribution in [2.24, 2.45) is 0 Å². The van der Waals surface area contributed by atoms with Gasteiger partial charge in [-0.05, 0) is 30.2 Å². The second-order valence-electron chi connectivity index (χ2n) is 5.41. The maximum atomic E-state index is 2.34. The highest BCUT2D eigenvalue weighted by atomic mass is 15.0. The monoisotopic (exact) mass is 258 g/mol. The van der Waals surface area contributed by atoms with Crippen molar-refractivity contribution in [3.8, 4) is 22.4 Å². The van der Waals surface area contributed by atoms with Crippen molar-refractivity contribution in [2.45, 2.75) is 13.5 Å². The van der Waals surface area contributed by atoms with Crippen molar-refractivity contribution in [1.29, 1.82) is 0 Å². The fourth-order valence-corrected chi connectivity index (χ4v) is 3.10. The number of hydrogen-bond donors (Lipinski definition) is 0. The van der Waals surface area contributed by atoms with E-state index in [0.29, 0.717) is 0 Å². The van der Waals surface area contributed by atoms with Gasteiger partial charge in [-0.1, -0.05) is 42.5 Å². The molecule has 2 aromatic carbocycles. The standard InChI is InChI=1S/C19H16N/c1-14-6-5-11-20-13-17-10-9-16(12-18(17)19(14)20)15-7-3-2-4-8-15/h2-12H,13H2,1H3/q+1. The van der Waals surface area contributed by atoms with Gasteiger partial charge in [0.2, 0.25) is 5.69 Å². The minimum atomic E-state index is 0.988. The molecule has 1 aliphatic rings. The van der Waals surface area contributed by atoms with Crippen LogP contribution in [-0.4, -0.2) is 0 Å². The SMILES string of the molecule is Cc1ccc[n+]2c1-c1cc(-c3ccccc3)ccc1C2. The average molecular weight is 258 g/mol. The Labute approximate surface area is 119 Å². The molecule has 0 atom stereocenters. The number of pyridine rings is 1. The fourth-order valence-electron chi connectivity index (χ4n) is 3.10. The van der Waals surface area contributed by atoms with Crippen LogP contribution in [0.25, 0.3) is 22.4 Å². The summed E-state index contributed by atoms with van der Waals surface area (Å²) in [6.45, 7) is 3.18. The first-order valence-corrected chi connectivity index (χ1v) is 7.01. The van der Waals surface area contributed by atoms with Crippen molar-refractivity contribution in [3.63, 3.8) is 0 Å². The number of benzene rings is 2. The van der Waals surface area contributed by atoms with Gasteiger partial charge in [0.05, 0.1) is 5.56 Å². The quantitative estimate of drug-likeness (QED) is 0.455. The molecule has 2 heterocycles. The zero-order chi connectivity index (χ0) is 13.5. The number of fused-ring (bicyclic) bond motifs is 3. The molecule has 0 aliphatic carbocycles. The van der Waals surface area contributed by atoms with E-state index in [1.54, 1.807) is 0 Å². The molecule has 0 saturated carbocycles. The Bertz CT molecular complexity index is 788.